The molecule has 1 unspecified atom stereocenters. The summed E-state index contributed by atoms with van der Waals surface area (Å²) < 4.78 is 28.9. The number of alkyl carbamates (subject to hydrolysis) is 1. The smallest absolute Gasteiger partial charge is 0.408 e. The lowest BCUT2D eigenvalue weighted by Gasteiger charge is -2.41. The van der Waals surface area contributed by atoms with E-state index in [1.165, 1.54) is 4.90 Å². The van der Waals surface area contributed by atoms with E-state index in [4.69, 9.17) is 28.7 Å². The average molecular weight is 823 g/mol. The normalized spacial score (nSPS) is 18.2. The van der Waals surface area contributed by atoms with Crippen LogP contribution in [0.15, 0.2) is 72.8 Å². The molecule has 1 aliphatic carbocycles. The lowest BCUT2D eigenvalue weighted by molar-refractivity contribution is -0.144. The Kier molecular flexibility index (Phi) is 11.7. The Morgan fingerprint density at radius 1 is 0.933 bits per heavy atom. The fourth-order valence-electron chi connectivity index (χ4n) is 7.45. The van der Waals surface area contributed by atoms with Crippen molar-refractivity contribution in [2.75, 3.05) is 25.8 Å². The second kappa shape index (κ2) is 17.0. The molecule has 1 aromatic heterocycles. The Morgan fingerprint density at radius 2 is 1.68 bits per heavy atom. The molecule has 0 bridgehead atoms. The van der Waals surface area contributed by atoms with Gasteiger partial charge in [0.1, 0.15) is 40.8 Å². The van der Waals surface area contributed by atoms with E-state index in [0.29, 0.717) is 51.7 Å². The highest BCUT2D eigenvalue weighted by molar-refractivity contribution is 6.06. The first-order chi connectivity index (χ1) is 28.6. The topological polar surface area (TPSA) is 196 Å². The highest BCUT2D eigenvalue weighted by Gasteiger charge is 2.50. The number of nitrogens with zero attached hydrogens (tertiary/aromatic N) is 2. The van der Waals surface area contributed by atoms with Crippen LogP contribution < -0.4 is 40.2 Å². The highest BCUT2D eigenvalue weighted by Crippen LogP contribution is 2.39. The van der Waals surface area contributed by atoms with Crippen LogP contribution >= 0.6 is 0 Å². The van der Waals surface area contributed by atoms with E-state index < -0.39 is 65.1 Å². The quantitative estimate of drug-likeness (QED) is 0.140. The number of urea groups is 1. The number of fused-ring (bicyclic) bond motifs is 2. The van der Waals surface area contributed by atoms with E-state index in [9.17, 15) is 24.0 Å². The molecule has 16 nitrogen and oxygen atoms in total. The van der Waals surface area contributed by atoms with Crippen molar-refractivity contribution in [3.8, 4) is 34.3 Å². The van der Waals surface area contributed by atoms with Gasteiger partial charge in [-0.1, -0.05) is 32.0 Å². The van der Waals surface area contributed by atoms with E-state index in [1.807, 2.05) is 18.2 Å². The van der Waals surface area contributed by atoms with Crippen molar-refractivity contribution in [1.82, 2.24) is 25.8 Å². The van der Waals surface area contributed by atoms with Crippen LogP contribution in [0.25, 0.3) is 22.2 Å². The van der Waals surface area contributed by atoms with Crippen LogP contribution in [0.2, 0.25) is 0 Å². The number of hydrogen-bond donors (Lipinski definition) is 4. The fraction of sp³-hybridized carbons (Fsp3) is 0.409. The van der Waals surface area contributed by atoms with Gasteiger partial charge in [-0.05, 0) is 88.4 Å². The molecule has 60 heavy (non-hydrogen) atoms. The molecule has 316 valence electrons. The monoisotopic (exact) mass is 822 g/mol. The zero-order chi connectivity index (χ0) is 42.8. The summed E-state index contributed by atoms with van der Waals surface area (Å²) in [6.07, 6.45) is -0.259. The van der Waals surface area contributed by atoms with E-state index >= 15 is 0 Å². The lowest BCUT2D eigenvalue weighted by atomic mass is 9.75. The minimum absolute atomic E-state index is 0.0336. The molecular weight excluding hydrogens is 773 g/mol. The number of para-hydroxylation sites is 1. The molecule has 4 N–H and O–H groups in total. The van der Waals surface area contributed by atoms with Crippen molar-refractivity contribution in [2.24, 2.45) is 5.92 Å². The maximum atomic E-state index is 14.6. The fourth-order valence-corrected chi connectivity index (χ4v) is 7.45. The number of likely N-dealkylation sites (tertiary alicyclic amines) is 1. The standard InChI is InChI=1S/C44H50N6O10/c1-25(2)37(47-42(55)60-43(3,4)5)39(52)50-23-29(21-33(50)38(51)49-44(17-10-18-44)40(53)48-41(54)45-27-11-8-7-9-12-27)59-35-22-31(26-13-16-34-36(19-26)58-24-57-34)46-32-20-28(56-6)14-15-30(32)35/h7-9,11-16,19-20,22,25,29,33,37H,10,17-18,21,23-24H2,1-6H3,(H,47,55)(H,49,51)(H2,45,48,53,54)/t29?,33-,37-/m0/s1. The third-order valence-corrected chi connectivity index (χ3v) is 10.7. The Morgan fingerprint density at radius 3 is 2.37 bits per heavy atom. The van der Waals surface area contributed by atoms with Gasteiger partial charge in [-0.25, -0.2) is 14.6 Å². The van der Waals surface area contributed by atoms with Crippen molar-refractivity contribution >= 4 is 46.4 Å². The van der Waals surface area contributed by atoms with Crippen LogP contribution in [0.3, 0.4) is 0 Å². The van der Waals surface area contributed by atoms with Gasteiger partial charge in [-0.3, -0.25) is 19.7 Å². The number of aromatic nitrogens is 1. The molecule has 7 rings (SSSR count). The summed E-state index contributed by atoms with van der Waals surface area (Å²) in [7, 11) is 1.56. The van der Waals surface area contributed by atoms with Crippen LogP contribution in [0.1, 0.15) is 60.3 Å². The number of methoxy groups -OCH3 is 1. The number of hydrogen-bond acceptors (Lipinski definition) is 11. The molecule has 3 atom stereocenters. The van der Waals surface area contributed by atoms with Gasteiger partial charge in [0.05, 0.1) is 24.9 Å². The number of imide groups is 1. The number of pyridine rings is 1. The van der Waals surface area contributed by atoms with Crippen molar-refractivity contribution < 1.29 is 47.7 Å². The van der Waals surface area contributed by atoms with Crippen LogP contribution in [0.5, 0.6) is 23.0 Å². The first-order valence-electron chi connectivity index (χ1n) is 20.0. The van der Waals surface area contributed by atoms with Crippen molar-refractivity contribution in [2.45, 2.75) is 89.6 Å². The first-order valence-corrected chi connectivity index (χ1v) is 20.0. The maximum Gasteiger partial charge on any atom is 0.408 e. The zero-order valence-electron chi connectivity index (χ0n) is 34.5. The molecule has 3 aliphatic rings. The largest absolute Gasteiger partial charge is 0.497 e. The number of ether oxygens (including phenoxy) is 5. The van der Waals surface area contributed by atoms with E-state index in [2.05, 4.69) is 21.3 Å². The second-order valence-corrected chi connectivity index (χ2v) is 16.5. The van der Waals surface area contributed by atoms with E-state index in [0.717, 1.165) is 5.56 Å². The number of carbonyl (C=O) groups excluding carboxylic acids is 5. The molecule has 4 aromatic rings. The zero-order valence-corrected chi connectivity index (χ0v) is 34.5. The van der Waals surface area contributed by atoms with Gasteiger partial charge in [0.15, 0.2) is 11.5 Å². The second-order valence-electron chi connectivity index (χ2n) is 16.5. The van der Waals surface area contributed by atoms with Gasteiger partial charge >= 0.3 is 12.1 Å². The Hall–Kier alpha value is -6.58. The van der Waals surface area contributed by atoms with Crippen LogP contribution in [0, 0.1) is 5.92 Å². The van der Waals surface area contributed by atoms with Gasteiger partial charge in [-0.15, -0.1) is 0 Å². The maximum absolute atomic E-state index is 14.6. The highest BCUT2D eigenvalue weighted by atomic mass is 16.7. The first kappa shape index (κ1) is 41.6. The number of carbonyl (C=O) groups is 5. The SMILES string of the molecule is COc1ccc2c(OC3C[C@@H](C(=O)NC4(C(=O)NC(=O)Nc5ccccc5)CCC4)N(C(=O)[C@@H](NC(=O)OC(C)(C)C)C(C)C)C3)cc(-c3ccc4c(c3)OCO4)nc2c1. The number of rotatable bonds is 11. The third-order valence-electron chi connectivity index (χ3n) is 10.7. The van der Waals surface area contributed by atoms with Gasteiger partial charge in [-0.2, -0.15) is 0 Å². The minimum Gasteiger partial charge on any atom is -0.497 e. The van der Waals surface area contributed by atoms with Crippen molar-refractivity contribution in [3.05, 3.63) is 72.8 Å². The average Bonchev–Trinajstić information content (AvgIpc) is 3.84. The molecule has 1 saturated carbocycles. The number of anilines is 1. The summed E-state index contributed by atoms with van der Waals surface area (Å²) in [5.41, 5.74) is 0.171. The molecule has 6 amide bonds. The molecule has 3 aromatic carbocycles. The summed E-state index contributed by atoms with van der Waals surface area (Å²) in [4.78, 5) is 74.8. The molecule has 0 radical (unpaired) electrons. The van der Waals surface area contributed by atoms with Crippen molar-refractivity contribution in [1.29, 1.82) is 0 Å². The molecule has 16 heteroatoms. The summed E-state index contributed by atoms with van der Waals surface area (Å²) in [5, 5.41) is 11.3. The summed E-state index contributed by atoms with van der Waals surface area (Å²) in [5.74, 6) is 0.0393. The number of nitrogens with one attached hydrogen (secondary N) is 4. The van der Waals surface area contributed by atoms with E-state index in [1.54, 1.807) is 96.3 Å². The Labute approximate surface area is 347 Å². The van der Waals surface area contributed by atoms with Gasteiger partial charge < -0.3 is 44.5 Å². The lowest BCUT2D eigenvalue weighted by Crippen LogP contribution is -2.66. The number of benzene rings is 3. The molecule has 0 spiro atoms. The number of amides is 6. The van der Waals surface area contributed by atoms with Gasteiger partial charge in [0, 0.05) is 35.2 Å². The molecule has 1 saturated heterocycles. The minimum atomic E-state index is -1.38. The molecule has 2 fully saturated rings. The molecular formula is C44H50N6O10. The van der Waals surface area contributed by atoms with Gasteiger partial charge in [0.2, 0.25) is 18.6 Å². The Balaban J connectivity index is 1.18. The Bertz CT molecular complexity index is 2290. The predicted molar refractivity (Wildman–Crippen MR) is 221 cm³/mol. The predicted octanol–water partition coefficient (Wildman–Crippen LogP) is 5.92. The summed E-state index contributed by atoms with van der Waals surface area (Å²) >= 11 is 0. The van der Waals surface area contributed by atoms with Crippen molar-refractivity contribution in [3.63, 3.8) is 0 Å². The summed E-state index contributed by atoms with van der Waals surface area (Å²) in [6.45, 7) is 8.79. The van der Waals surface area contributed by atoms with Crippen LogP contribution in [-0.4, -0.2) is 89.5 Å². The van der Waals surface area contributed by atoms with Gasteiger partial charge in [0.25, 0.3) is 5.91 Å². The summed E-state index contributed by atoms with van der Waals surface area (Å²) in [6, 6.07) is 18.4. The van der Waals surface area contributed by atoms with E-state index in [-0.39, 0.29) is 32.6 Å². The molecule has 2 aliphatic heterocycles. The third kappa shape index (κ3) is 9.17. The van der Waals surface area contributed by atoms with Crippen LogP contribution in [0.4, 0.5) is 15.3 Å². The van der Waals surface area contributed by atoms with Crippen LogP contribution in [-0.2, 0) is 19.1 Å². The molecule has 3 heterocycles.